The SMILES string of the molecule is CCN1CCc2nc3ccccc3c(C(=O)N3CCOC(C)C3)c2C1. The van der Waals surface area contributed by atoms with Gasteiger partial charge in [0.25, 0.3) is 5.91 Å². The highest BCUT2D eigenvalue weighted by atomic mass is 16.5. The third kappa shape index (κ3) is 3.02. The van der Waals surface area contributed by atoms with Gasteiger partial charge in [-0.1, -0.05) is 25.1 Å². The van der Waals surface area contributed by atoms with E-state index in [1.807, 2.05) is 36.1 Å². The fourth-order valence-electron chi connectivity index (χ4n) is 3.92. The lowest BCUT2D eigenvalue weighted by atomic mass is 9.94. The van der Waals surface area contributed by atoms with Crippen molar-refractivity contribution in [1.82, 2.24) is 14.8 Å². The van der Waals surface area contributed by atoms with Crippen molar-refractivity contribution in [1.29, 1.82) is 0 Å². The van der Waals surface area contributed by atoms with E-state index in [1.165, 1.54) is 0 Å². The summed E-state index contributed by atoms with van der Waals surface area (Å²) in [7, 11) is 0. The number of aromatic nitrogens is 1. The van der Waals surface area contributed by atoms with Gasteiger partial charge in [0.2, 0.25) is 0 Å². The second-order valence-electron chi connectivity index (χ2n) is 6.98. The molecule has 1 saturated heterocycles. The number of para-hydroxylation sites is 1. The summed E-state index contributed by atoms with van der Waals surface area (Å²) in [6.45, 7) is 8.94. The summed E-state index contributed by atoms with van der Waals surface area (Å²) in [5.41, 5.74) is 3.99. The van der Waals surface area contributed by atoms with Crippen molar-refractivity contribution in [2.75, 3.05) is 32.8 Å². The molecular weight excluding hydrogens is 314 g/mol. The Bertz CT molecular complexity index is 805. The molecule has 0 radical (unpaired) electrons. The van der Waals surface area contributed by atoms with Gasteiger partial charge in [0, 0.05) is 49.2 Å². The second-order valence-corrected chi connectivity index (χ2v) is 6.98. The average molecular weight is 339 g/mol. The van der Waals surface area contributed by atoms with Crippen LogP contribution in [0.1, 0.15) is 35.5 Å². The van der Waals surface area contributed by atoms with Gasteiger partial charge in [-0.2, -0.15) is 0 Å². The summed E-state index contributed by atoms with van der Waals surface area (Å²) < 4.78 is 5.61. The number of ether oxygens (including phenoxy) is 1. The van der Waals surface area contributed by atoms with E-state index in [1.54, 1.807) is 0 Å². The molecular formula is C20H25N3O2. The molecule has 0 N–H and O–H groups in total. The van der Waals surface area contributed by atoms with Gasteiger partial charge in [-0.3, -0.25) is 14.7 Å². The van der Waals surface area contributed by atoms with Crippen LogP contribution in [0.2, 0.25) is 0 Å². The van der Waals surface area contributed by atoms with E-state index in [9.17, 15) is 4.79 Å². The van der Waals surface area contributed by atoms with Crippen molar-refractivity contribution in [2.24, 2.45) is 0 Å². The molecule has 0 bridgehead atoms. The fourth-order valence-corrected chi connectivity index (χ4v) is 3.92. The lowest BCUT2D eigenvalue weighted by Crippen LogP contribution is -2.45. The van der Waals surface area contributed by atoms with Gasteiger partial charge in [0.05, 0.1) is 23.8 Å². The number of carbonyl (C=O) groups excluding carboxylic acids is 1. The highest BCUT2D eigenvalue weighted by molar-refractivity contribution is 6.07. The number of amides is 1. The number of nitrogens with zero attached hydrogens (tertiary/aromatic N) is 3. The Balaban J connectivity index is 1.84. The van der Waals surface area contributed by atoms with E-state index in [0.29, 0.717) is 19.7 Å². The number of rotatable bonds is 2. The van der Waals surface area contributed by atoms with Crippen LogP contribution in [0.25, 0.3) is 10.9 Å². The molecule has 1 fully saturated rings. The van der Waals surface area contributed by atoms with Crippen molar-refractivity contribution in [2.45, 2.75) is 32.9 Å². The first-order chi connectivity index (χ1) is 12.2. The maximum atomic E-state index is 13.5. The van der Waals surface area contributed by atoms with Gasteiger partial charge in [-0.15, -0.1) is 0 Å². The number of morpholine rings is 1. The topological polar surface area (TPSA) is 45.7 Å². The van der Waals surface area contributed by atoms with Crippen LogP contribution in [-0.4, -0.2) is 59.6 Å². The van der Waals surface area contributed by atoms with E-state index in [2.05, 4.69) is 11.8 Å². The first-order valence-corrected chi connectivity index (χ1v) is 9.21. The van der Waals surface area contributed by atoms with E-state index in [4.69, 9.17) is 9.72 Å². The molecule has 5 heteroatoms. The highest BCUT2D eigenvalue weighted by Gasteiger charge is 2.29. The smallest absolute Gasteiger partial charge is 0.255 e. The lowest BCUT2D eigenvalue weighted by Gasteiger charge is -2.34. The van der Waals surface area contributed by atoms with Gasteiger partial charge in [0.15, 0.2) is 0 Å². The molecule has 1 aromatic carbocycles. The van der Waals surface area contributed by atoms with Gasteiger partial charge in [-0.05, 0) is 19.5 Å². The number of hydrogen-bond donors (Lipinski definition) is 0. The van der Waals surface area contributed by atoms with Crippen LogP contribution in [0.4, 0.5) is 0 Å². The largest absolute Gasteiger partial charge is 0.375 e. The van der Waals surface area contributed by atoms with Crippen LogP contribution in [0.3, 0.4) is 0 Å². The first-order valence-electron chi connectivity index (χ1n) is 9.21. The third-order valence-electron chi connectivity index (χ3n) is 5.31. The van der Waals surface area contributed by atoms with E-state index >= 15 is 0 Å². The van der Waals surface area contributed by atoms with E-state index < -0.39 is 0 Å². The Hall–Kier alpha value is -1.98. The Morgan fingerprint density at radius 2 is 2.16 bits per heavy atom. The van der Waals surface area contributed by atoms with Crippen molar-refractivity contribution in [3.05, 3.63) is 41.1 Å². The maximum absolute atomic E-state index is 13.5. The molecule has 5 nitrogen and oxygen atoms in total. The summed E-state index contributed by atoms with van der Waals surface area (Å²) in [5.74, 6) is 0.128. The molecule has 132 valence electrons. The minimum atomic E-state index is 0.0915. The summed E-state index contributed by atoms with van der Waals surface area (Å²) in [5, 5.41) is 0.975. The summed E-state index contributed by atoms with van der Waals surface area (Å²) in [4.78, 5) is 22.6. The number of benzene rings is 1. The molecule has 25 heavy (non-hydrogen) atoms. The summed E-state index contributed by atoms with van der Waals surface area (Å²) in [6, 6.07) is 8.04. The van der Waals surface area contributed by atoms with Gasteiger partial charge < -0.3 is 9.64 Å². The predicted molar refractivity (Wildman–Crippen MR) is 97.7 cm³/mol. The molecule has 1 atom stereocenters. The molecule has 4 rings (SSSR count). The second kappa shape index (κ2) is 6.73. The maximum Gasteiger partial charge on any atom is 0.255 e. The fraction of sp³-hybridized carbons (Fsp3) is 0.500. The first kappa shape index (κ1) is 16.5. The van der Waals surface area contributed by atoms with Gasteiger partial charge in [0.1, 0.15) is 0 Å². The molecule has 1 aromatic heterocycles. The lowest BCUT2D eigenvalue weighted by molar-refractivity contribution is -0.0124. The summed E-state index contributed by atoms with van der Waals surface area (Å²) in [6.07, 6.45) is 1.00. The predicted octanol–water partition coefficient (Wildman–Crippen LogP) is 2.47. The van der Waals surface area contributed by atoms with Crippen LogP contribution < -0.4 is 0 Å². The molecule has 2 aromatic rings. The minimum absolute atomic E-state index is 0.0915. The molecule has 3 heterocycles. The quantitative estimate of drug-likeness (QED) is 0.843. The van der Waals surface area contributed by atoms with Crippen molar-refractivity contribution in [3.8, 4) is 0 Å². The third-order valence-corrected chi connectivity index (χ3v) is 5.31. The van der Waals surface area contributed by atoms with Crippen LogP contribution in [-0.2, 0) is 17.7 Å². The molecule has 0 saturated carbocycles. The Kier molecular flexibility index (Phi) is 4.44. The number of carbonyl (C=O) groups is 1. The minimum Gasteiger partial charge on any atom is -0.375 e. The molecule has 1 amide bonds. The van der Waals surface area contributed by atoms with E-state index in [0.717, 1.165) is 53.8 Å². The Morgan fingerprint density at radius 3 is 2.96 bits per heavy atom. The van der Waals surface area contributed by atoms with Crippen molar-refractivity contribution < 1.29 is 9.53 Å². The van der Waals surface area contributed by atoms with Crippen LogP contribution in [0, 0.1) is 0 Å². The van der Waals surface area contributed by atoms with Gasteiger partial charge >= 0.3 is 0 Å². The average Bonchev–Trinajstić information content (AvgIpc) is 2.65. The van der Waals surface area contributed by atoms with Crippen LogP contribution in [0.15, 0.2) is 24.3 Å². The summed E-state index contributed by atoms with van der Waals surface area (Å²) >= 11 is 0. The number of pyridine rings is 1. The number of hydrogen-bond acceptors (Lipinski definition) is 4. The molecule has 1 unspecified atom stereocenters. The number of fused-ring (bicyclic) bond motifs is 2. The molecule has 0 aliphatic carbocycles. The normalized spacial score (nSPS) is 21.4. The standard InChI is InChI=1S/C20H25N3O2/c1-3-22-9-8-18-16(13-22)19(15-6-4-5-7-17(15)21-18)20(24)23-10-11-25-14(2)12-23/h4-7,14H,3,8-13H2,1-2H3. The zero-order chi connectivity index (χ0) is 17.4. The van der Waals surface area contributed by atoms with Crippen molar-refractivity contribution >= 4 is 16.8 Å². The van der Waals surface area contributed by atoms with E-state index in [-0.39, 0.29) is 12.0 Å². The zero-order valence-corrected chi connectivity index (χ0v) is 15.0. The zero-order valence-electron chi connectivity index (χ0n) is 15.0. The van der Waals surface area contributed by atoms with Gasteiger partial charge in [-0.25, -0.2) is 0 Å². The highest BCUT2D eigenvalue weighted by Crippen LogP contribution is 2.29. The number of likely N-dealkylation sites (N-methyl/N-ethyl adjacent to an activating group) is 1. The van der Waals surface area contributed by atoms with Crippen LogP contribution >= 0.6 is 0 Å². The molecule has 2 aliphatic heterocycles. The Morgan fingerprint density at radius 1 is 1.32 bits per heavy atom. The molecule has 0 spiro atoms. The monoisotopic (exact) mass is 339 g/mol. The van der Waals surface area contributed by atoms with Crippen LogP contribution in [0.5, 0.6) is 0 Å². The Labute approximate surface area is 148 Å². The van der Waals surface area contributed by atoms with Crippen molar-refractivity contribution in [3.63, 3.8) is 0 Å². The molecule has 2 aliphatic rings.